The van der Waals surface area contributed by atoms with Gasteiger partial charge in [0.2, 0.25) is 0 Å². The second kappa shape index (κ2) is 2.31. The quantitative estimate of drug-likeness (QED) is 0.566. The molecule has 0 N–H and O–H groups in total. The minimum absolute atomic E-state index is 0.293. The van der Waals surface area contributed by atoms with Crippen molar-refractivity contribution in [3.63, 3.8) is 0 Å². The minimum atomic E-state index is 0.293. The summed E-state index contributed by atoms with van der Waals surface area (Å²) in [5.41, 5.74) is 0.293. The molecule has 0 aromatic carbocycles. The van der Waals surface area contributed by atoms with Crippen LogP contribution in [0.1, 0.15) is 11.5 Å². The number of hydrogen-bond acceptors (Lipinski definition) is 2. The number of rotatable bonds is 0. The van der Waals surface area contributed by atoms with E-state index in [1.54, 1.807) is 18.5 Å². The Morgan fingerprint density at radius 1 is 1.70 bits per heavy atom. The standard InChI is InChI=1S/C6H6ClN3/c1-4-9-5(3-8)6(7)10(4)2/h1-2H3. The van der Waals surface area contributed by atoms with Gasteiger partial charge in [-0.05, 0) is 6.92 Å². The van der Waals surface area contributed by atoms with Gasteiger partial charge in [-0.3, -0.25) is 0 Å². The van der Waals surface area contributed by atoms with Gasteiger partial charge < -0.3 is 4.57 Å². The van der Waals surface area contributed by atoms with Gasteiger partial charge in [0.1, 0.15) is 17.0 Å². The van der Waals surface area contributed by atoms with Gasteiger partial charge in [-0.15, -0.1) is 0 Å². The summed E-state index contributed by atoms with van der Waals surface area (Å²) in [6, 6.07) is 1.89. The highest BCUT2D eigenvalue weighted by atomic mass is 35.5. The highest BCUT2D eigenvalue weighted by Crippen LogP contribution is 2.14. The van der Waals surface area contributed by atoms with Crippen LogP contribution in [-0.2, 0) is 7.05 Å². The average Bonchev–Trinajstić information content (AvgIpc) is 2.17. The Hall–Kier alpha value is -1.01. The van der Waals surface area contributed by atoms with Gasteiger partial charge in [0, 0.05) is 7.05 Å². The molecule has 0 aliphatic rings. The van der Waals surface area contributed by atoms with E-state index in [-0.39, 0.29) is 0 Å². The first-order valence-electron chi connectivity index (χ1n) is 2.75. The van der Waals surface area contributed by atoms with Crippen molar-refractivity contribution in [1.82, 2.24) is 9.55 Å². The summed E-state index contributed by atoms with van der Waals surface area (Å²) in [5, 5.41) is 8.85. The van der Waals surface area contributed by atoms with Crippen molar-refractivity contribution in [2.45, 2.75) is 6.92 Å². The van der Waals surface area contributed by atoms with Crippen LogP contribution in [0, 0.1) is 18.3 Å². The number of hydrogen-bond donors (Lipinski definition) is 0. The largest absolute Gasteiger partial charge is 0.321 e. The van der Waals surface area contributed by atoms with Gasteiger partial charge in [-0.2, -0.15) is 5.26 Å². The minimum Gasteiger partial charge on any atom is -0.321 e. The van der Waals surface area contributed by atoms with E-state index in [1.807, 2.05) is 6.07 Å². The summed E-state index contributed by atoms with van der Waals surface area (Å²) in [4.78, 5) is 3.90. The van der Waals surface area contributed by atoms with E-state index in [1.165, 1.54) is 0 Å². The zero-order valence-corrected chi connectivity index (χ0v) is 6.48. The van der Waals surface area contributed by atoms with E-state index in [9.17, 15) is 0 Å². The molecule has 0 unspecified atom stereocenters. The highest BCUT2D eigenvalue weighted by Gasteiger charge is 2.07. The average molecular weight is 156 g/mol. The van der Waals surface area contributed by atoms with Crippen molar-refractivity contribution in [2.24, 2.45) is 7.05 Å². The first-order chi connectivity index (χ1) is 4.66. The fourth-order valence-electron chi connectivity index (χ4n) is 0.655. The number of halogens is 1. The smallest absolute Gasteiger partial charge is 0.177 e. The number of nitriles is 1. The monoisotopic (exact) mass is 155 g/mol. The summed E-state index contributed by atoms with van der Waals surface area (Å²) in [7, 11) is 1.77. The van der Waals surface area contributed by atoms with Crippen molar-refractivity contribution >= 4 is 11.6 Å². The van der Waals surface area contributed by atoms with Crippen LogP contribution < -0.4 is 0 Å². The van der Waals surface area contributed by atoms with E-state index in [4.69, 9.17) is 16.9 Å². The first-order valence-corrected chi connectivity index (χ1v) is 3.13. The molecule has 0 aliphatic carbocycles. The topological polar surface area (TPSA) is 41.6 Å². The molecule has 0 fully saturated rings. The lowest BCUT2D eigenvalue weighted by Gasteiger charge is -1.92. The Kier molecular flexibility index (Phi) is 1.64. The number of imidazole rings is 1. The van der Waals surface area contributed by atoms with Gasteiger partial charge in [0.05, 0.1) is 0 Å². The van der Waals surface area contributed by atoms with Gasteiger partial charge in [0.15, 0.2) is 5.69 Å². The van der Waals surface area contributed by atoms with Gasteiger partial charge in [-0.1, -0.05) is 11.6 Å². The van der Waals surface area contributed by atoms with Crippen molar-refractivity contribution in [3.05, 3.63) is 16.7 Å². The predicted molar refractivity (Wildman–Crippen MR) is 37.7 cm³/mol. The highest BCUT2D eigenvalue weighted by molar-refractivity contribution is 6.30. The SMILES string of the molecule is Cc1nc(C#N)c(Cl)n1C. The molecule has 0 saturated heterocycles. The molecule has 0 radical (unpaired) electrons. The number of aromatic nitrogens is 2. The van der Waals surface area contributed by atoms with Crippen LogP contribution in [0.2, 0.25) is 5.15 Å². The molecule has 0 atom stereocenters. The van der Waals surface area contributed by atoms with E-state index < -0.39 is 0 Å². The molecular weight excluding hydrogens is 150 g/mol. The molecule has 4 heteroatoms. The van der Waals surface area contributed by atoms with Crippen LogP contribution in [0.4, 0.5) is 0 Å². The molecule has 1 aromatic heterocycles. The summed E-state index contributed by atoms with van der Waals surface area (Å²) in [6.45, 7) is 1.80. The first kappa shape index (κ1) is 7.10. The van der Waals surface area contributed by atoms with Gasteiger partial charge in [-0.25, -0.2) is 4.98 Å². The van der Waals surface area contributed by atoms with Gasteiger partial charge >= 0.3 is 0 Å². The Bertz CT molecular complexity index is 295. The Morgan fingerprint density at radius 3 is 2.50 bits per heavy atom. The summed E-state index contributed by atoms with van der Waals surface area (Å²) >= 11 is 5.69. The van der Waals surface area contributed by atoms with Crippen molar-refractivity contribution in [2.75, 3.05) is 0 Å². The van der Waals surface area contributed by atoms with Crippen LogP contribution in [-0.4, -0.2) is 9.55 Å². The van der Waals surface area contributed by atoms with Crippen LogP contribution >= 0.6 is 11.6 Å². The normalized spacial score (nSPS) is 9.40. The third-order valence-electron chi connectivity index (χ3n) is 1.35. The molecule has 0 bridgehead atoms. The molecule has 10 heavy (non-hydrogen) atoms. The molecule has 0 aliphatic heterocycles. The Balaban J connectivity index is 3.34. The zero-order valence-electron chi connectivity index (χ0n) is 5.72. The van der Waals surface area contributed by atoms with Crippen LogP contribution in [0.5, 0.6) is 0 Å². The second-order valence-corrected chi connectivity index (χ2v) is 2.33. The molecule has 1 rings (SSSR count). The maximum atomic E-state index is 8.45. The molecule has 0 saturated carbocycles. The molecule has 0 spiro atoms. The Labute approximate surface area is 63.9 Å². The van der Waals surface area contributed by atoms with Crippen LogP contribution in [0.15, 0.2) is 0 Å². The molecular formula is C6H6ClN3. The maximum absolute atomic E-state index is 8.45. The Morgan fingerprint density at radius 2 is 2.30 bits per heavy atom. The van der Waals surface area contributed by atoms with Crippen molar-refractivity contribution < 1.29 is 0 Å². The summed E-state index contributed by atoms with van der Waals surface area (Å²) in [6.07, 6.45) is 0. The van der Waals surface area contributed by atoms with Crippen molar-refractivity contribution in [1.29, 1.82) is 5.26 Å². The third-order valence-corrected chi connectivity index (χ3v) is 1.79. The predicted octanol–water partition coefficient (Wildman–Crippen LogP) is 1.25. The van der Waals surface area contributed by atoms with E-state index in [2.05, 4.69) is 4.98 Å². The van der Waals surface area contributed by atoms with Gasteiger partial charge in [0.25, 0.3) is 0 Å². The van der Waals surface area contributed by atoms with E-state index in [0.717, 1.165) is 5.82 Å². The molecule has 3 nitrogen and oxygen atoms in total. The number of nitrogens with zero attached hydrogens (tertiary/aromatic N) is 3. The molecule has 1 aromatic rings. The van der Waals surface area contributed by atoms with E-state index in [0.29, 0.717) is 10.8 Å². The zero-order chi connectivity index (χ0) is 7.72. The summed E-state index contributed by atoms with van der Waals surface area (Å²) < 4.78 is 1.67. The second-order valence-electron chi connectivity index (χ2n) is 1.97. The fourth-order valence-corrected chi connectivity index (χ4v) is 0.862. The van der Waals surface area contributed by atoms with E-state index >= 15 is 0 Å². The molecule has 1 heterocycles. The van der Waals surface area contributed by atoms with Crippen molar-refractivity contribution in [3.8, 4) is 6.07 Å². The third kappa shape index (κ3) is 0.869. The number of aryl methyl sites for hydroxylation is 1. The lowest BCUT2D eigenvalue weighted by molar-refractivity contribution is 0.859. The lowest BCUT2D eigenvalue weighted by atomic mass is 10.5. The summed E-state index contributed by atoms with van der Waals surface area (Å²) in [5.74, 6) is 0.751. The lowest BCUT2D eigenvalue weighted by Crippen LogP contribution is -1.89. The van der Waals surface area contributed by atoms with Crippen LogP contribution in [0.3, 0.4) is 0 Å². The molecule has 52 valence electrons. The fraction of sp³-hybridized carbons (Fsp3) is 0.333. The van der Waals surface area contributed by atoms with Crippen LogP contribution in [0.25, 0.3) is 0 Å². The maximum Gasteiger partial charge on any atom is 0.177 e. The molecule has 0 amide bonds.